The van der Waals surface area contributed by atoms with Crippen LogP contribution in [0.3, 0.4) is 0 Å². The Hall–Kier alpha value is -1.02. The van der Waals surface area contributed by atoms with Crippen molar-refractivity contribution >= 4 is 45.7 Å². The van der Waals surface area contributed by atoms with Gasteiger partial charge in [-0.3, -0.25) is 4.79 Å². The number of carbonyl (C=O) groups excluding carboxylic acids is 1. The number of rotatable bonds is 3. The Kier molecular flexibility index (Phi) is 4.28. The first-order valence-corrected chi connectivity index (χ1v) is 7.35. The zero-order valence-electron chi connectivity index (χ0n) is 10.0. The summed E-state index contributed by atoms with van der Waals surface area (Å²) in [4.78, 5) is 12.7. The van der Waals surface area contributed by atoms with E-state index in [1.807, 2.05) is 32.0 Å². The maximum atomic E-state index is 12.1. The lowest BCUT2D eigenvalue weighted by Gasteiger charge is -2.06. The fraction of sp³-hybridized carbons (Fsp3) is 0.250. The number of carbonyl (C=O) groups is 1. The van der Waals surface area contributed by atoms with E-state index in [4.69, 9.17) is 0 Å². The predicted molar refractivity (Wildman–Crippen MR) is 81.1 cm³/mol. The van der Waals surface area contributed by atoms with E-state index < -0.39 is 0 Å². The topological polar surface area (TPSA) is 54.9 Å². The van der Waals surface area contributed by atoms with Gasteiger partial charge in [-0.25, -0.2) is 0 Å². The maximum Gasteiger partial charge on any atom is 0.269 e. The second kappa shape index (κ2) is 5.75. The zero-order valence-corrected chi connectivity index (χ0v) is 13.0. The molecule has 2 aromatic rings. The number of amides is 1. The summed E-state index contributed by atoms with van der Waals surface area (Å²) in [6, 6.07) is 5.84. The Balaban J connectivity index is 2.19. The molecular weight excluding hydrogens is 361 g/mol. The van der Waals surface area contributed by atoms with Crippen molar-refractivity contribution < 1.29 is 4.79 Å². The maximum absolute atomic E-state index is 12.1. The standard InChI is InChI=1S/C12H12IN3OS/c1-3-10-11(18-16-15-10)12(17)14-8-5-4-7(2)9(13)6-8/h4-6H,3H2,1-2H3,(H,14,17). The number of nitrogens with one attached hydrogen (secondary N) is 1. The molecule has 18 heavy (non-hydrogen) atoms. The molecule has 94 valence electrons. The van der Waals surface area contributed by atoms with Gasteiger partial charge in [0.25, 0.3) is 5.91 Å². The number of nitrogens with zero attached hydrogens (tertiary/aromatic N) is 2. The number of aromatic nitrogens is 2. The van der Waals surface area contributed by atoms with Gasteiger partial charge in [0.15, 0.2) is 0 Å². The molecule has 0 aliphatic carbocycles. The molecule has 0 spiro atoms. The van der Waals surface area contributed by atoms with Gasteiger partial charge in [0, 0.05) is 9.26 Å². The summed E-state index contributed by atoms with van der Waals surface area (Å²) >= 11 is 3.38. The van der Waals surface area contributed by atoms with Crippen molar-refractivity contribution in [2.75, 3.05) is 5.32 Å². The lowest BCUT2D eigenvalue weighted by molar-refractivity contribution is 0.102. The second-order valence-electron chi connectivity index (χ2n) is 3.82. The Morgan fingerprint density at radius 3 is 2.94 bits per heavy atom. The highest BCUT2D eigenvalue weighted by Crippen LogP contribution is 2.19. The summed E-state index contributed by atoms with van der Waals surface area (Å²) < 4.78 is 4.94. The van der Waals surface area contributed by atoms with Gasteiger partial charge in [-0.1, -0.05) is 17.5 Å². The number of benzene rings is 1. The third-order valence-corrected chi connectivity index (χ3v) is 4.46. The van der Waals surface area contributed by atoms with Crippen molar-refractivity contribution in [1.29, 1.82) is 0 Å². The first kappa shape index (κ1) is 13.4. The molecular formula is C12H12IN3OS. The fourth-order valence-electron chi connectivity index (χ4n) is 1.47. The van der Waals surface area contributed by atoms with Crippen LogP contribution in [0.5, 0.6) is 0 Å². The molecule has 0 saturated heterocycles. The number of hydrogen-bond acceptors (Lipinski definition) is 4. The van der Waals surface area contributed by atoms with E-state index in [1.165, 1.54) is 5.56 Å². The zero-order chi connectivity index (χ0) is 13.1. The van der Waals surface area contributed by atoms with Crippen LogP contribution in [0.2, 0.25) is 0 Å². The van der Waals surface area contributed by atoms with E-state index in [1.54, 1.807) is 0 Å². The van der Waals surface area contributed by atoms with Crippen molar-refractivity contribution in [3.63, 3.8) is 0 Å². The molecule has 0 bridgehead atoms. The highest BCUT2D eigenvalue weighted by molar-refractivity contribution is 14.1. The van der Waals surface area contributed by atoms with E-state index in [9.17, 15) is 4.79 Å². The third-order valence-electron chi connectivity index (χ3n) is 2.53. The van der Waals surface area contributed by atoms with Crippen LogP contribution in [0.1, 0.15) is 27.9 Å². The Morgan fingerprint density at radius 1 is 1.50 bits per heavy atom. The van der Waals surface area contributed by atoms with Gasteiger partial charge in [0.1, 0.15) is 4.88 Å². The Morgan fingerprint density at radius 2 is 2.28 bits per heavy atom. The fourth-order valence-corrected chi connectivity index (χ4v) is 2.63. The molecule has 0 radical (unpaired) electrons. The van der Waals surface area contributed by atoms with Gasteiger partial charge in [0.05, 0.1) is 5.69 Å². The van der Waals surface area contributed by atoms with Gasteiger partial charge in [-0.2, -0.15) is 0 Å². The van der Waals surface area contributed by atoms with E-state index >= 15 is 0 Å². The van der Waals surface area contributed by atoms with Crippen LogP contribution in [-0.2, 0) is 6.42 Å². The molecule has 0 atom stereocenters. The van der Waals surface area contributed by atoms with Crippen LogP contribution >= 0.6 is 34.1 Å². The average Bonchev–Trinajstić information content (AvgIpc) is 2.82. The predicted octanol–water partition coefficient (Wildman–Crippen LogP) is 3.27. The highest BCUT2D eigenvalue weighted by atomic mass is 127. The van der Waals surface area contributed by atoms with Crippen LogP contribution in [0.15, 0.2) is 18.2 Å². The molecule has 4 nitrogen and oxygen atoms in total. The Bertz CT molecular complexity index is 582. The lowest BCUT2D eigenvalue weighted by Crippen LogP contribution is -2.12. The summed E-state index contributed by atoms with van der Waals surface area (Å²) in [5.74, 6) is -0.137. The molecule has 1 aromatic carbocycles. The summed E-state index contributed by atoms with van der Waals surface area (Å²) in [5.41, 5.74) is 2.74. The SMILES string of the molecule is CCc1nnsc1C(=O)Nc1ccc(C)c(I)c1. The van der Waals surface area contributed by atoms with E-state index in [2.05, 4.69) is 37.5 Å². The molecule has 0 aliphatic rings. The first-order valence-electron chi connectivity index (χ1n) is 5.50. The summed E-state index contributed by atoms with van der Waals surface area (Å²) in [5, 5.41) is 6.81. The van der Waals surface area contributed by atoms with Crippen LogP contribution in [0.25, 0.3) is 0 Å². The minimum Gasteiger partial charge on any atom is -0.321 e. The third kappa shape index (κ3) is 2.86. The number of aryl methyl sites for hydroxylation is 2. The number of anilines is 1. The second-order valence-corrected chi connectivity index (χ2v) is 5.74. The first-order chi connectivity index (χ1) is 8.61. The van der Waals surface area contributed by atoms with Gasteiger partial charge >= 0.3 is 0 Å². The average molecular weight is 373 g/mol. The molecule has 0 fully saturated rings. The normalized spacial score (nSPS) is 10.4. The van der Waals surface area contributed by atoms with Crippen LogP contribution in [-0.4, -0.2) is 15.5 Å². The molecule has 1 heterocycles. The monoisotopic (exact) mass is 373 g/mol. The molecule has 2 rings (SSSR count). The molecule has 0 saturated carbocycles. The van der Waals surface area contributed by atoms with Gasteiger partial charge in [-0.05, 0) is 65.2 Å². The molecule has 0 unspecified atom stereocenters. The van der Waals surface area contributed by atoms with Crippen molar-refractivity contribution in [3.05, 3.63) is 37.9 Å². The minimum absolute atomic E-state index is 0.137. The van der Waals surface area contributed by atoms with Crippen molar-refractivity contribution in [3.8, 4) is 0 Å². The van der Waals surface area contributed by atoms with E-state index in [0.717, 1.165) is 26.5 Å². The van der Waals surface area contributed by atoms with Crippen LogP contribution < -0.4 is 5.32 Å². The minimum atomic E-state index is -0.137. The van der Waals surface area contributed by atoms with Crippen molar-refractivity contribution in [2.45, 2.75) is 20.3 Å². The molecule has 6 heteroatoms. The van der Waals surface area contributed by atoms with Gasteiger partial charge < -0.3 is 5.32 Å². The van der Waals surface area contributed by atoms with Crippen LogP contribution in [0, 0.1) is 10.5 Å². The smallest absolute Gasteiger partial charge is 0.269 e. The summed E-state index contributed by atoms with van der Waals surface area (Å²) in [6.45, 7) is 4.00. The summed E-state index contributed by atoms with van der Waals surface area (Å²) in [7, 11) is 0. The van der Waals surface area contributed by atoms with Crippen LogP contribution in [0.4, 0.5) is 5.69 Å². The van der Waals surface area contributed by atoms with Crippen molar-refractivity contribution in [2.24, 2.45) is 0 Å². The quantitative estimate of drug-likeness (QED) is 0.841. The largest absolute Gasteiger partial charge is 0.321 e. The van der Waals surface area contributed by atoms with E-state index in [0.29, 0.717) is 11.3 Å². The molecule has 1 N–H and O–H groups in total. The molecule has 0 aliphatic heterocycles. The lowest BCUT2D eigenvalue weighted by atomic mass is 10.2. The summed E-state index contributed by atoms with van der Waals surface area (Å²) in [6.07, 6.45) is 0.713. The van der Waals surface area contributed by atoms with Gasteiger partial charge in [0.2, 0.25) is 0 Å². The van der Waals surface area contributed by atoms with Crippen molar-refractivity contribution in [1.82, 2.24) is 9.59 Å². The molecule has 1 aromatic heterocycles. The highest BCUT2D eigenvalue weighted by Gasteiger charge is 2.15. The Labute approximate surface area is 123 Å². The number of halogens is 1. The van der Waals surface area contributed by atoms with Gasteiger partial charge in [-0.15, -0.1) is 5.10 Å². The number of hydrogen-bond donors (Lipinski definition) is 1. The van der Waals surface area contributed by atoms with E-state index in [-0.39, 0.29) is 5.91 Å². The molecule has 1 amide bonds.